The highest BCUT2D eigenvalue weighted by Gasteiger charge is 2.14. The second-order valence-electron chi connectivity index (χ2n) is 4.19. The Labute approximate surface area is 133 Å². The third kappa shape index (κ3) is 3.25. The Bertz CT molecular complexity index is 667. The lowest BCUT2D eigenvalue weighted by molar-refractivity contribution is 0.328. The number of nitrogens with zero attached hydrogens (tertiary/aromatic N) is 2. The Morgan fingerprint density at radius 3 is 2.55 bits per heavy atom. The summed E-state index contributed by atoms with van der Waals surface area (Å²) in [6.45, 7) is 2.30. The molecular formula is C14H17ClN4O3. The number of aromatic nitrogens is 2. The van der Waals surface area contributed by atoms with E-state index in [0.29, 0.717) is 46.2 Å². The summed E-state index contributed by atoms with van der Waals surface area (Å²) in [6, 6.07) is 3.34. The van der Waals surface area contributed by atoms with E-state index in [1.807, 2.05) is 6.92 Å². The van der Waals surface area contributed by atoms with Gasteiger partial charge < -0.3 is 25.3 Å². The SMILES string of the molecule is CCOc1ncnc(Nc2cc(Cl)c(OC)cc2OC)c1N. The van der Waals surface area contributed by atoms with Crippen molar-refractivity contribution in [2.45, 2.75) is 6.92 Å². The molecule has 0 fully saturated rings. The molecule has 0 atom stereocenters. The number of anilines is 3. The summed E-state index contributed by atoms with van der Waals surface area (Å²) >= 11 is 6.14. The van der Waals surface area contributed by atoms with E-state index in [1.54, 1.807) is 19.2 Å². The summed E-state index contributed by atoms with van der Waals surface area (Å²) < 4.78 is 15.8. The van der Waals surface area contributed by atoms with Gasteiger partial charge in [-0.3, -0.25) is 0 Å². The summed E-state index contributed by atoms with van der Waals surface area (Å²) in [4.78, 5) is 8.09. The van der Waals surface area contributed by atoms with Crippen LogP contribution in [0.3, 0.4) is 0 Å². The fourth-order valence-electron chi connectivity index (χ4n) is 1.82. The minimum Gasteiger partial charge on any atom is -0.495 e. The van der Waals surface area contributed by atoms with Crippen molar-refractivity contribution >= 4 is 28.8 Å². The van der Waals surface area contributed by atoms with Crippen LogP contribution in [0.15, 0.2) is 18.5 Å². The standard InChI is InChI=1S/C14H17ClN4O3/c1-4-22-14-12(16)13(17-7-18-14)19-9-5-8(15)10(20-2)6-11(9)21-3/h5-7H,4,16H2,1-3H3,(H,17,18,19). The van der Waals surface area contributed by atoms with Crippen molar-refractivity contribution in [1.29, 1.82) is 0 Å². The Hall–Kier alpha value is -2.41. The van der Waals surface area contributed by atoms with E-state index in [2.05, 4.69) is 15.3 Å². The van der Waals surface area contributed by atoms with E-state index >= 15 is 0 Å². The second-order valence-corrected chi connectivity index (χ2v) is 4.59. The number of nitrogens with one attached hydrogen (secondary N) is 1. The van der Waals surface area contributed by atoms with Crippen molar-refractivity contribution in [3.05, 3.63) is 23.5 Å². The van der Waals surface area contributed by atoms with Gasteiger partial charge in [-0.2, -0.15) is 4.98 Å². The van der Waals surface area contributed by atoms with E-state index in [-0.39, 0.29) is 0 Å². The number of nitrogen functional groups attached to an aromatic ring is 1. The molecule has 2 rings (SSSR count). The lowest BCUT2D eigenvalue weighted by Crippen LogP contribution is -2.05. The number of rotatable bonds is 6. The summed E-state index contributed by atoms with van der Waals surface area (Å²) in [6.07, 6.45) is 1.36. The fourth-order valence-corrected chi connectivity index (χ4v) is 2.06. The van der Waals surface area contributed by atoms with Crippen molar-refractivity contribution in [2.75, 3.05) is 31.9 Å². The van der Waals surface area contributed by atoms with Gasteiger partial charge in [-0.1, -0.05) is 11.6 Å². The maximum Gasteiger partial charge on any atom is 0.242 e. The number of methoxy groups -OCH3 is 2. The van der Waals surface area contributed by atoms with Crippen LogP contribution in [0.25, 0.3) is 0 Å². The van der Waals surface area contributed by atoms with E-state index in [1.165, 1.54) is 13.4 Å². The molecule has 0 aliphatic rings. The highest BCUT2D eigenvalue weighted by molar-refractivity contribution is 6.32. The lowest BCUT2D eigenvalue weighted by atomic mass is 10.2. The maximum atomic E-state index is 6.14. The van der Waals surface area contributed by atoms with Crippen LogP contribution in [0.5, 0.6) is 17.4 Å². The van der Waals surface area contributed by atoms with E-state index in [9.17, 15) is 0 Å². The Morgan fingerprint density at radius 1 is 1.18 bits per heavy atom. The second kappa shape index (κ2) is 7.04. The van der Waals surface area contributed by atoms with E-state index < -0.39 is 0 Å². The number of hydrogen-bond donors (Lipinski definition) is 2. The predicted molar refractivity (Wildman–Crippen MR) is 85.5 cm³/mol. The predicted octanol–water partition coefficient (Wildman–Crippen LogP) is 2.87. The third-order valence-electron chi connectivity index (χ3n) is 2.86. The van der Waals surface area contributed by atoms with Crippen molar-refractivity contribution in [3.8, 4) is 17.4 Å². The number of hydrogen-bond acceptors (Lipinski definition) is 7. The summed E-state index contributed by atoms with van der Waals surface area (Å²) in [5.74, 6) is 1.77. The maximum absolute atomic E-state index is 6.14. The molecule has 22 heavy (non-hydrogen) atoms. The molecule has 0 radical (unpaired) electrons. The minimum absolute atomic E-state index is 0.304. The van der Waals surface area contributed by atoms with Gasteiger partial charge in [0.2, 0.25) is 5.88 Å². The van der Waals surface area contributed by atoms with Gasteiger partial charge in [-0.25, -0.2) is 4.98 Å². The number of benzene rings is 1. The van der Waals surface area contributed by atoms with Gasteiger partial charge in [0.1, 0.15) is 23.5 Å². The van der Waals surface area contributed by atoms with Crippen LogP contribution in [-0.4, -0.2) is 30.8 Å². The van der Waals surface area contributed by atoms with Crippen LogP contribution in [0.4, 0.5) is 17.2 Å². The molecule has 0 amide bonds. The minimum atomic E-state index is 0.304. The fraction of sp³-hybridized carbons (Fsp3) is 0.286. The van der Waals surface area contributed by atoms with Gasteiger partial charge in [0, 0.05) is 6.07 Å². The molecule has 8 heteroatoms. The van der Waals surface area contributed by atoms with Gasteiger partial charge in [0.05, 0.1) is 31.5 Å². The first-order valence-corrected chi connectivity index (χ1v) is 6.90. The average Bonchev–Trinajstić information content (AvgIpc) is 2.52. The Kier molecular flexibility index (Phi) is 5.11. The number of nitrogens with two attached hydrogens (primary N) is 1. The molecule has 0 saturated heterocycles. The monoisotopic (exact) mass is 324 g/mol. The molecule has 1 aromatic carbocycles. The zero-order valence-corrected chi connectivity index (χ0v) is 13.3. The molecule has 0 aliphatic carbocycles. The van der Waals surface area contributed by atoms with Crippen LogP contribution in [-0.2, 0) is 0 Å². The summed E-state index contributed by atoms with van der Waals surface area (Å²) in [5, 5.41) is 3.50. The van der Waals surface area contributed by atoms with Crippen LogP contribution in [0.2, 0.25) is 5.02 Å². The van der Waals surface area contributed by atoms with Crippen LogP contribution < -0.4 is 25.3 Å². The van der Waals surface area contributed by atoms with Crippen LogP contribution in [0, 0.1) is 0 Å². The molecular weight excluding hydrogens is 308 g/mol. The smallest absolute Gasteiger partial charge is 0.242 e. The van der Waals surface area contributed by atoms with Gasteiger partial charge >= 0.3 is 0 Å². The summed E-state index contributed by atoms with van der Waals surface area (Å²) in [5.41, 5.74) is 6.89. The highest BCUT2D eigenvalue weighted by atomic mass is 35.5. The quantitative estimate of drug-likeness (QED) is 0.844. The highest BCUT2D eigenvalue weighted by Crippen LogP contribution is 2.38. The molecule has 7 nitrogen and oxygen atoms in total. The number of halogens is 1. The molecule has 0 spiro atoms. The molecule has 1 heterocycles. The zero-order chi connectivity index (χ0) is 16.1. The molecule has 1 aromatic heterocycles. The largest absolute Gasteiger partial charge is 0.495 e. The van der Waals surface area contributed by atoms with Gasteiger partial charge in [-0.15, -0.1) is 0 Å². The lowest BCUT2D eigenvalue weighted by Gasteiger charge is -2.15. The Balaban J connectivity index is 2.38. The van der Waals surface area contributed by atoms with Crippen LogP contribution >= 0.6 is 11.6 Å². The average molecular weight is 325 g/mol. The summed E-state index contributed by atoms with van der Waals surface area (Å²) in [7, 11) is 3.08. The molecule has 3 N–H and O–H groups in total. The first kappa shape index (κ1) is 16.0. The first-order chi connectivity index (χ1) is 10.6. The van der Waals surface area contributed by atoms with Crippen LogP contribution in [0.1, 0.15) is 6.92 Å². The molecule has 0 bridgehead atoms. The van der Waals surface area contributed by atoms with Gasteiger partial charge in [0.15, 0.2) is 5.82 Å². The topological polar surface area (TPSA) is 91.5 Å². The van der Waals surface area contributed by atoms with Crippen molar-refractivity contribution in [2.24, 2.45) is 0 Å². The molecule has 2 aromatic rings. The zero-order valence-electron chi connectivity index (χ0n) is 12.5. The number of ether oxygens (including phenoxy) is 3. The van der Waals surface area contributed by atoms with Crippen molar-refractivity contribution in [3.63, 3.8) is 0 Å². The normalized spacial score (nSPS) is 10.2. The first-order valence-electron chi connectivity index (χ1n) is 6.52. The molecule has 0 unspecified atom stereocenters. The third-order valence-corrected chi connectivity index (χ3v) is 3.15. The molecule has 118 valence electrons. The van der Waals surface area contributed by atoms with E-state index in [0.717, 1.165) is 0 Å². The molecule has 0 aliphatic heterocycles. The van der Waals surface area contributed by atoms with Crippen molar-refractivity contribution < 1.29 is 14.2 Å². The van der Waals surface area contributed by atoms with E-state index in [4.69, 9.17) is 31.5 Å². The molecule has 0 saturated carbocycles. The Morgan fingerprint density at radius 2 is 1.91 bits per heavy atom. The van der Waals surface area contributed by atoms with Gasteiger partial charge in [-0.05, 0) is 13.0 Å². The van der Waals surface area contributed by atoms with Gasteiger partial charge in [0.25, 0.3) is 0 Å². The van der Waals surface area contributed by atoms with Crippen molar-refractivity contribution in [1.82, 2.24) is 9.97 Å².